The van der Waals surface area contributed by atoms with Crippen molar-refractivity contribution in [2.45, 2.75) is 6.54 Å². The van der Waals surface area contributed by atoms with E-state index in [-0.39, 0.29) is 5.57 Å². The molecule has 1 amide bonds. The third kappa shape index (κ3) is 4.99. The molecule has 2 rings (SSSR count). The highest BCUT2D eigenvalue weighted by Gasteiger charge is 2.11. The van der Waals surface area contributed by atoms with Crippen LogP contribution in [0.1, 0.15) is 5.56 Å². The van der Waals surface area contributed by atoms with E-state index in [1.165, 1.54) is 12.3 Å². The number of aromatic nitrogens is 1. The highest BCUT2D eigenvalue weighted by molar-refractivity contribution is 6.35. The molecule has 116 valence electrons. The van der Waals surface area contributed by atoms with Crippen LogP contribution in [0.3, 0.4) is 0 Å². The maximum absolute atomic E-state index is 12.1. The van der Waals surface area contributed by atoms with Crippen molar-refractivity contribution in [2.75, 3.05) is 5.32 Å². The minimum Gasteiger partial charge on any atom is -0.386 e. The monoisotopic (exact) mass is 346 g/mol. The molecule has 0 unspecified atom stereocenters. The van der Waals surface area contributed by atoms with Gasteiger partial charge in [0.15, 0.2) is 0 Å². The predicted molar refractivity (Wildman–Crippen MR) is 89.9 cm³/mol. The maximum atomic E-state index is 12.1. The first-order valence-corrected chi connectivity index (χ1v) is 7.34. The molecule has 7 heteroatoms. The van der Waals surface area contributed by atoms with Gasteiger partial charge in [0.2, 0.25) is 0 Å². The number of carbonyl (C=O) groups excluding carboxylic acids is 1. The summed E-state index contributed by atoms with van der Waals surface area (Å²) in [5.74, 6) is -0.574. The van der Waals surface area contributed by atoms with Gasteiger partial charge in [0.1, 0.15) is 11.6 Å². The first kappa shape index (κ1) is 16.8. The van der Waals surface area contributed by atoms with Crippen molar-refractivity contribution in [1.29, 1.82) is 5.26 Å². The van der Waals surface area contributed by atoms with E-state index in [0.717, 1.165) is 5.56 Å². The molecule has 0 aliphatic carbocycles. The molecule has 0 spiro atoms. The molecule has 5 nitrogen and oxygen atoms in total. The summed E-state index contributed by atoms with van der Waals surface area (Å²) in [6.07, 6.45) is 4.71. The van der Waals surface area contributed by atoms with Gasteiger partial charge in [-0.2, -0.15) is 5.26 Å². The van der Waals surface area contributed by atoms with Crippen LogP contribution in [0.4, 0.5) is 5.69 Å². The first-order chi connectivity index (χ1) is 11.1. The Balaban J connectivity index is 2.02. The second-order valence-corrected chi connectivity index (χ2v) is 5.33. The van der Waals surface area contributed by atoms with Crippen LogP contribution in [-0.4, -0.2) is 10.9 Å². The van der Waals surface area contributed by atoms with Gasteiger partial charge in [-0.1, -0.05) is 29.3 Å². The SMILES string of the molecule is N#C/C(=C/NCc1cccnc1)C(=O)Nc1cc(Cl)ccc1Cl. The number of nitrogens with one attached hydrogen (secondary N) is 2. The Morgan fingerprint density at radius 3 is 2.87 bits per heavy atom. The van der Waals surface area contributed by atoms with E-state index in [0.29, 0.717) is 22.3 Å². The lowest BCUT2D eigenvalue weighted by Gasteiger charge is -2.07. The van der Waals surface area contributed by atoms with Crippen LogP contribution in [0.25, 0.3) is 0 Å². The van der Waals surface area contributed by atoms with Crippen LogP contribution in [-0.2, 0) is 11.3 Å². The Hall–Kier alpha value is -2.55. The average Bonchev–Trinajstić information content (AvgIpc) is 2.56. The van der Waals surface area contributed by atoms with Crippen LogP contribution in [0, 0.1) is 11.3 Å². The van der Waals surface area contributed by atoms with Crippen molar-refractivity contribution in [3.63, 3.8) is 0 Å². The summed E-state index contributed by atoms with van der Waals surface area (Å²) in [6, 6.07) is 10.2. The van der Waals surface area contributed by atoms with Gasteiger partial charge in [-0.3, -0.25) is 9.78 Å². The molecule has 0 saturated carbocycles. The van der Waals surface area contributed by atoms with Crippen LogP contribution in [0.5, 0.6) is 0 Å². The van der Waals surface area contributed by atoms with Crippen LogP contribution in [0.15, 0.2) is 54.5 Å². The summed E-state index contributed by atoms with van der Waals surface area (Å²) in [6.45, 7) is 0.449. The lowest BCUT2D eigenvalue weighted by Crippen LogP contribution is -2.17. The fraction of sp³-hybridized carbons (Fsp3) is 0.0625. The van der Waals surface area contributed by atoms with Gasteiger partial charge in [-0.25, -0.2) is 0 Å². The van der Waals surface area contributed by atoms with Crippen molar-refractivity contribution in [1.82, 2.24) is 10.3 Å². The van der Waals surface area contributed by atoms with Crippen molar-refractivity contribution in [2.24, 2.45) is 0 Å². The van der Waals surface area contributed by atoms with Gasteiger partial charge in [0.25, 0.3) is 5.91 Å². The quantitative estimate of drug-likeness (QED) is 0.641. The lowest BCUT2D eigenvalue weighted by molar-refractivity contribution is -0.112. The summed E-state index contributed by atoms with van der Waals surface area (Å²) in [5, 5.41) is 15.3. The van der Waals surface area contributed by atoms with E-state index in [4.69, 9.17) is 28.5 Å². The van der Waals surface area contributed by atoms with Crippen LogP contribution in [0.2, 0.25) is 10.0 Å². The highest BCUT2D eigenvalue weighted by atomic mass is 35.5. The number of anilines is 1. The number of carbonyl (C=O) groups is 1. The summed E-state index contributed by atoms with van der Waals surface area (Å²) in [5.41, 5.74) is 1.20. The molecule has 0 radical (unpaired) electrons. The zero-order chi connectivity index (χ0) is 16.7. The Kier molecular flexibility index (Phi) is 5.98. The fourth-order valence-electron chi connectivity index (χ4n) is 1.71. The van der Waals surface area contributed by atoms with E-state index < -0.39 is 5.91 Å². The molecule has 1 aromatic heterocycles. The largest absolute Gasteiger partial charge is 0.386 e. The predicted octanol–water partition coefficient (Wildman–Crippen LogP) is 3.52. The minimum atomic E-state index is -0.574. The first-order valence-electron chi connectivity index (χ1n) is 6.59. The van der Waals surface area contributed by atoms with Gasteiger partial charge < -0.3 is 10.6 Å². The van der Waals surface area contributed by atoms with Gasteiger partial charge >= 0.3 is 0 Å². The minimum absolute atomic E-state index is 0.0788. The third-order valence-corrected chi connectivity index (χ3v) is 3.38. The molecule has 0 aliphatic rings. The van der Waals surface area contributed by atoms with Crippen molar-refractivity contribution in [3.8, 4) is 6.07 Å². The summed E-state index contributed by atoms with van der Waals surface area (Å²) in [4.78, 5) is 16.1. The topological polar surface area (TPSA) is 77.8 Å². The van der Waals surface area contributed by atoms with Crippen molar-refractivity contribution < 1.29 is 4.79 Å². The maximum Gasteiger partial charge on any atom is 0.267 e. The second kappa shape index (κ2) is 8.18. The molecular weight excluding hydrogens is 335 g/mol. The third-order valence-electron chi connectivity index (χ3n) is 2.82. The number of nitriles is 1. The Labute approximate surface area is 143 Å². The fourth-order valence-corrected chi connectivity index (χ4v) is 2.04. The van der Waals surface area contributed by atoms with Gasteiger partial charge in [-0.05, 0) is 29.8 Å². The van der Waals surface area contributed by atoms with E-state index in [9.17, 15) is 4.79 Å². The normalized spacial score (nSPS) is 10.7. The number of rotatable bonds is 5. The van der Waals surface area contributed by atoms with Gasteiger partial charge in [0.05, 0.1) is 10.7 Å². The summed E-state index contributed by atoms with van der Waals surface area (Å²) in [7, 11) is 0. The molecule has 0 fully saturated rings. The number of amides is 1. The van der Waals surface area contributed by atoms with Crippen LogP contribution < -0.4 is 10.6 Å². The average molecular weight is 347 g/mol. The van der Waals surface area contributed by atoms with E-state index in [1.807, 2.05) is 12.1 Å². The molecule has 2 N–H and O–H groups in total. The number of benzene rings is 1. The summed E-state index contributed by atoms with van der Waals surface area (Å²) < 4.78 is 0. The van der Waals surface area contributed by atoms with Gasteiger partial charge in [-0.15, -0.1) is 0 Å². The molecule has 0 aliphatic heterocycles. The molecule has 23 heavy (non-hydrogen) atoms. The van der Waals surface area contributed by atoms with Crippen LogP contribution >= 0.6 is 23.2 Å². The molecule has 0 saturated heterocycles. The number of hydrogen-bond acceptors (Lipinski definition) is 4. The Bertz CT molecular complexity index is 769. The zero-order valence-corrected chi connectivity index (χ0v) is 13.4. The molecule has 1 heterocycles. The molecule has 2 aromatic rings. The van der Waals surface area contributed by atoms with E-state index in [1.54, 1.807) is 30.6 Å². The number of nitrogens with zero attached hydrogens (tertiary/aromatic N) is 2. The number of halogens is 2. The van der Waals surface area contributed by atoms with Gasteiger partial charge in [0, 0.05) is 30.2 Å². The van der Waals surface area contributed by atoms with E-state index >= 15 is 0 Å². The lowest BCUT2D eigenvalue weighted by atomic mass is 10.2. The molecule has 1 aromatic carbocycles. The van der Waals surface area contributed by atoms with Crippen molar-refractivity contribution >= 4 is 34.8 Å². The standard InChI is InChI=1S/C16H12Cl2N4O/c17-13-3-4-14(18)15(6-13)22-16(23)12(7-19)10-21-9-11-2-1-5-20-8-11/h1-6,8,10,21H,9H2,(H,22,23)/b12-10-. The Morgan fingerprint density at radius 2 is 2.17 bits per heavy atom. The number of pyridine rings is 1. The van der Waals surface area contributed by atoms with Crippen molar-refractivity contribution in [3.05, 3.63) is 70.1 Å². The smallest absolute Gasteiger partial charge is 0.267 e. The summed E-state index contributed by atoms with van der Waals surface area (Å²) >= 11 is 11.8. The molecule has 0 bridgehead atoms. The zero-order valence-electron chi connectivity index (χ0n) is 11.9. The molecular formula is C16H12Cl2N4O. The van der Waals surface area contributed by atoms with E-state index in [2.05, 4.69) is 15.6 Å². The Morgan fingerprint density at radius 1 is 1.35 bits per heavy atom. The number of hydrogen-bond donors (Lipinski definition) is 2. The highest BCUT2D eigenvalue weighted by Crippen LogP contribution is 2.25. The second-order valence-electron chi connectivity index (χ2n) is 4.49. The molecule has 0 atom stereocenters.